The molecule has 0 aliphatic heterocycles. The van der Waals surface area contributed by atoms with Gasteiger partial charge in [-0.25, -0.2) is 8.42 Å². The Bertz CT molecular complexity index is 1490. The first kappa shape index (κ1) is 19.6. The van der Waals surface area contributed by atoms with E-state index >= 15 is 0 Å². The van der Waals surface area contributed by atoms with E-state index < -0.39 is 15.4 Å². The minimum absolute atomic E-state index is 0.00871. The van der Waals surface area contributed by atoms with E-state index in [2.05, 4.69) is 20.6 Å². The highest BCUT2D eigenvalue weighted by Crippen LogP contribution is 2.28. The van der Waals surface area contributed by atoms with Crippen molar-refractivity contribution in [3.63, 3.8) is 0 Å². The fourth-order valence-corrected chi connectivity index (χ4v) is 4.72. The van der Waals surface area contributed by atoms with E-state index in [0.717, 1.165) is 0 Å². The maximum atomic E-state index is 13.3. The molecule has 1 amide bonds. The number of sulfone groups is 1. The van der Waals surface area contributed by atoms with Crippen LogP contribution in [0.2, 0.25) is 0 Å². The Balaban J connectivity index is 1.93. The number of anilines is 1. The number of fused-ring (bicyclic) bond motifs is 3. The molecule has 2 heterocycles. The number of methoxy groups -OCH3 is 1. The van der Waals surface area contributed by atoms with Gasteiger partial charge in [0.05, 0.1) is 22.9 Å². The number of hydrogen-bond donors (Lipinski definition) is 2. The molecule has 0 fully saturated rings. The number of ether oxygens (including phenoxy) is 1. The van der Waals surface area contributed by atoms with Crippen LogP contribution in [0.4, 0.5) is 5.69 Å². The molecule has 0 atom stereocenters. The van der Waals surface area contributed by atoms with Crippen LogP contribution in [-0.2, 0) is 14.6 Å². The van der Waals surface area contributed by atoms with Gasteiger partial charge in [0.15, 0.2) is 5.65 Å². The first-order valence-corrected chi connectivity index (χ1v) is 10.3. The van der Waals surface area contributed by atoms with E-state index in [1.165, 1.54) is 30.7 Å². The molecule has 0 saturated carbocycles. The quantitative estimate of drug-likeness (QED) is 0.506. The number of aryl methyl sites for hydroxylation is 1. The minimum Gasteiger partial charge on any atom is -0.497 e. The number of aromatic nitrogens is 4. The SMILES string of the molecule is COc1ccc2c(=O)[nH]c3c(S(=O)(=O)c4ccc(NC(C)=O)cc4C)nnn3c2c1. The van der Waals surface area contributed by atoms with Crippen molar-refractivity contribution in [1.82, 2.24) is 19.8 Å². The van der Waals surface area contributed by atoms with E-state index in [1.807, 2.05) is 0 Å². The molecule has 11 heteroatoms. The average molecular weight is 427 g/mol. The number of hydrogen-bond acceptors (Lipinski definition) is 7. The summed E-state index contributed by atoms with van der Waals surface area (Å²) < 4.78 is 33.0. The van der Waals surface area contributed by atoms with Crippen molar-refractivity contribution in [2.45, 2.75) is 23.8 Å². The highest BCUT2D eigenvalue weighted by molar-refractivity contribution is 7.91. The number of amides is 1. The second-order valence-electron chi connectivity index (χ2n) is 6.66. The molecular weight excluding hydrogens is 410 g/mol. The molecule has 4 rings (SSSR count). The van der Waals surface area contributed by atoms with Gasteiger partial charge < -0.3 is 15.0 Å². The summed E-state index contributed by atoms with van der Waals surface area (Å²) in [4.78, 5) is 26.3. The van der Waals surface area contributed by atoms with Crippen molar-refractivity contribution in [2.75, 3.05) is 12.4 Å². The molecule has 0 unspecified atom stereocenters. The van der Waals surface area contributed by atoms with Gasteiger partial charge in [0.1, 0.15) is 5.75 Å². The summed E-state index contributed by atoms with van der Waals surface area (Å²) in [5.74, 6) is 0.216. The molecule has 0 spiro atoms. The van der Waals surface area contributed by atoms with Gasteiger partial charge in [-0.3, -0.25) is 9.59 Å². The first-order valence-electron chi connectivity index (χ1n) is 8.81. The summed E-state index contributed by atoms with van der Waals surface area (Å²) >= 11 is 0. The van der Waals surface area contributed by atoms with Crippen molar-refractivity contribution in [1.29, 1.82) is 0 Å². The van der Waals surface area contributed by atoms with Crippen LogP contribution in [0.1, 0.15) is 12.5 Å². The highest BCUT2D eigenvalue weighted by Gasteiger charge is 2.28. The van der Waals surface area contributed by atoms with Gasteiger partial charge in [-0.15, -0.1) is 5.10 Å². The minimum atomic E-state index is -4.11. The Kier molecular flexibility index (Phi) is 4.54. The molecule has 0 radical (unpaired) electrons. The van der Waals surface area contributed by atoms with Crippen molar-refractivity contribution in [3.8, 4) is 5.75 Å². The molecule has 154 valence electrons. The fourth-order valence-electron chi connectivity index (χ4n) is 3.24. The van der Waals surface area contributed by atoms with Crippen LogP contribution in [0.15, 0.2) is 51.1 Å². The first-order chi connectivity index (χ1) is 14.2. The molecule has 2 aromatic carbocycles. The van der Waals surface area contributed by atoms with Crippen molar-refractivity contribution in [3.05, 3.63) is 52.3 Å². The van der Waals surface area contributed by atoms with Gasteiger partial charge >= 0.3 is 0 Å². The third-order valence-corrected chi connectivity index (χ3v) is 6.41. The summed E-state index contributed by atoms with van der Waals surface area (Å²) in [5, 5.41) is 10.3. The van der Waals surface area contributed by atoms with Gasteiger partial charge in [-0.05, 0) is 42.8 Å². The lowest BCUT2D eigenvalue weighted by Gasteiger charge is -2.09. The molecule has 0 aliphatic carbocycles. The summed E-state index contributed by atoms with van der Waals surface area (Å²) in [5.41, 5.74) is 0.716. The maximum absolute atomic E-state index is 13.3. The van der Waals surface area contributed by atoms with Crippen LogP contribution in [0.5, 0.6) is 5.75 Å². The predicted molar refractivity (Wildman–Crippen MR) is 109 cm³/mol. The second kappa shape index (κ2) is 6.95. The standard InChI is InChI=1S/C19H17N5O5S/c1-10-8-12(20-11(2)25)4-7-16(10)30(27,28)19-17-21-18(26)14-6-5-13(29-3)9-15(14)24(17)23-22-19/h4-9H,1-3H3,(H,20,25)(H,21,26). The molecule has 0 bridgehead atoms. The van der Waals surface area contributed by atoms with Crippen LogP contribution in [0.3, 0.4) is 0 Å². The predicted octanol–water partition coefficient (Wildman–Crippen LogP) is 1.68. The molecule has 0 aliphatic rings. The number of H-pyrrole nitrogens is 1. The molecule has 10 nitrogen and oxygen atoms in total. The Morgan fingerprint density at radius 3 is 2.63 bits per heavy atom. The van der Waals surface area contributed by atoms with Crippen LogP contribution in [0, 0.1) is 6.92 Å². The summed E-state index contributed by atoms with van der Waals surface area (Å²) in [6, 6.07) is 9.17. The van der Waals surface area contributed by atoms with Crippen LogP contribution in [0.25, 0.3) is 16.6 Å². The summed E-state index contributed by atoms with van der Waals surface area (Å²) in [7, 11) is -2.63. The normalized spacial score (nSPS) is 11.7. The van der Waals surface area contributed by atoms with Crippen molar-refractivity contribution >= 4 is 38.0 Å². The topological polar surface area (TPSA) is 136 Å². The molecular formula is C19H17N5O5S. The smallest absolute Gasteiger partial charge is 0.259 e. The number of carbonyl (C=O) groups is 1. The average Bonchev–Trinajstić information content (AvgIpc) is 3.12. The van der Waals surface area contributed by atoms with Crippen molar-refractivity contribution in [2.24, 2.45) is 0 Å². The summed E-state index contributed by atoms with van der Waals surface area (Å²) in [6.45, 7) is 2.96. The van der Waals surface area contributed by atoms with Gasteiger partial charge in [0, 0.05) is 18.7 Å². The largest absolute Gasteiger partial charge is 0.497 e. The molecule has 2 N–H and O–H groups in total. The number of nitrogens with zero attached hydrogens (tertiary/aromatic N) is 3. The lowest BCUT2D eigenvalue weighted by atomic mass is 10.2. The monoisotopic (exact) mass is 427 g/mol. The van der Waals surface area contributed by atoms with E-state index in [9.17, 15) is 18.0 Å². The van der Waals surface area contributed by atoms with Gasteiger partial charge in [-0.1, -0.05) is 5.21 Å². The van der Waals surface area contributed by atoms with Crippen LogP contribution < -0.4 is 15.6 Å². The zero-order valence-corrected chi connectivity index (χ0v) is 17.1. The number of carbonyl (C=O) groups excluding carboxylic acids is 1. The Morgan fingerprint density at radius 1 is 1.20 bits per heavy atom. The Morgan fingerprint density at radius 2 is 1.97 bits per heavy atom. The van der Waals surface area contributed by atoms with E-state index in [0.29, 0.717) is 27.9 Å². The molecule has 2 aromatic heterocycles. The highest BCUT2D eigenvalue weighted by atomic mass is 32.2. The van der Waals surface area contributed by atoms with Crippen LogP contribution in [-0.4, -0.2) is 41.2 Å². The number of aromatic amines is 1. The molecule has 30 heavy (non-hydrogen) atoms. The van der Waals surface area contributed by atoms with E-state index in [4.69, 9.17) is 4.74 Å². The van der Waals surface area contributed by atoms with Gasteiger partial charge in [0.25, 0.3) is 5.56 Å². The van der Waals surface area contributed by atoms with E-state index in [-0.39, 0.29) is 21.5 Å². The fraction of sp³-hybridized carbons (Fsp3) is 0.158. The van der Waals surface area contributed by atoms with E-state index in [1.54, 1.807) is 31.2 Å². The lowest BCUT2D eigenvalue weighted by Crippen LogP contribution is -2.13. The lowest BCUT2D eigenvalue weighted by molar-refractivity contribution is -0.114. The Hall–Kier alpha value is -3.73. The number of nitrogens with one attached hydrogen (secondary N) is 2. The number of benzene rings is 2. The van der Waals surface area contributed by atoms with Gasteiger partial charge in [-0.2, -0.15) is 4.52 Å². The summed E-state index contributed by atoms with van der Waals surface area (Å²) in [6.07, 6.45) is 0. The zero-order valence-electron chi connectivity index (χ0n) is 16.3. The molecule has 0 saturated heterocycles. The second-order valence-corrected chi connectivity index (χ2v) is 8.49. The van der Waals surface area contributed by atoms with Crippen molar-refractivity contribution < 1.29 is 17.9 Å². The molecule has 4 aromatic rings. The Labute approximate surface area is 170 Å². The maximum Gasteiger partial charge on any atom is 0.259 e. The third kappa shape index (κ3) is 3.08. The zero-order chi connectivity index (χ0) is 21.6. The third-order valence-electron chi connectivity index (χ3n) is 4.59. The number of rotatable bonds is 4. The van der Waals surface area contributed by atoms with Crippen LogP contribution >= 0.6 is 0 Å². The van der Waals surface area contributed by atoms with Gasteiger partial charge in [0.2, 0.25) is 20.8 Å².